The third-order valence-electron chi connectivity index (χ3n) is 4.09. The van der Waals surface area contributed by atoms with E-state index in [9.17, 15) is 9.59 Å². The topological polar surface area (TPSA) is 72.6 Å². The summed E-state index contributed by atoms with van der Waals surface area (Å²) in [6.45, 7) is 5.91. The van der Waals surface area contributed by atoms with Crippen molar-refractivity contribution < 1.29 is 18.8 Å². The van der Waals surface area contributed by atoms with Gasteiger partial charge in [-0.15, -0.1) is 0 Å². The number of nitrogens with zero attached hydrogens (tertiary/aromatic N) is 2. The summed E-state index contributed by atoms with van der Waals surface area (Å²) in [6.07, 6.45) is 0.807. The smallest absolute Gasteiger partial charge is 0.268 e. The van der Waals surface area contributed by atoms with Crippen LogP contribution in [0, 0.1) is 13.8 Å². The summed E-state index contributed by atoms with van der Waals surface area (Å²) in [5.74, 6) is 1.17. The molecule has 1 aromatic carbocycles. The van der Waals surface area contributed by atoms with Gasteiger partial charge in [-0.3, -0.25) is 9.59 Å². The highest BCUT2D eigenvalue weighted by molar-refractivity contribution is 6.00. The zero-order chi connectivity index (χ0) is 16.6. The molecule has 0 aliphatic carbocycles. The molecule has 0 bridgehead atoms. The van der Waals surface area contributed by atoms with Crippen LogP contribution in [-0.2, 0) is 11.3 Å². The molecule has 2 heterocycles. The highest BCUT2D eigenvalue weighted by atomic mass is 16.5. The Hall–Kier alpha value is -2.63. The largest absolute Gasteiger partial charge is 0.478 e. The van der Waals surface area contributed by atoms with Crippen molar-refractivity contribution >= 4 is 17.9 Å². The molecule has 0 fully saturated rings. The fourth-order valence-electron chi connectivity index (χ4n) is 2.72. The standard InChI is InChI=1S/C17H18N2O4/c1-4-15-17(21)19(8-13-10(2)18-23-11(13)3)14-7-12(9-20)5-6-16(14)22-15/h5-7,9,15H,4,8H2,1-3H3. The van der Waals surface area contributed by atoms with Crippen LogP contribution in [0.2, 0.25) is 0 Å². The van der Waals surface area contributed by atoms with Gasteiger partial charge in [0.2, 0.25) is 0 Å². The molecule has 1 atom stereocenters. The lowest BCUT2D eigenvalue weighted by molar-refractivity contribution is -0.126. The molecule has 6 nitrogen and oxygen atoms in total. The summed E-state index contributed by atoms with van der Waals surface area (Å²) >= 11 is 0. The van der Waals surface area contributed by atoms with Crippen molar-refractivity contribution in [3.05, 3.63) is 40.8 Å². The molecule has 1 amide bonds. The summed E-state index contributed by atoms with van der Waals surface area (Å²) < 4.78 is 10.9. The summed E-state index contributed by atoms with van der Waals surface area (Å²) in [5.41, 5.74) is 2.73. The molecule has 23 heavy (non-hydrogen) atoms. The predicted octanol–water partition coefficient (Wildman–Crippen LogP) is 2.81. The molecule has 0 N–H and O–H groups in total. The van der Waals surface area contributed by atoms with Gasteiger partial charge in [-0.25, -0.2) is 0 Å². The van der Waals surface area contributed by atoms with E-state index in [0.29, 0.717) is 35.7 Å². The fourth-order valence-corrected chi connectivity index (χ4v) is 2.72. The number of aldehydes is 1. The van der Waals surface area contributed by atoms with Crippen molar-refractivity contribution in [3.63, 3.8) is 0 Å². The Morgan fingerprint density at radius 3 is 2.74 bits per heavy atom. The van der Waals surface area contributed by atoms with Crippen LogP contribution in [0.3, 0.4) is 0 Å². The Labute approximate surface area is 134 Å². The number of hydrogen-bond donors (Lipinski definition) is 0. The van der Waals surface area contributed by atoms with E-state index in [1.807, 2.05) is 20.8 Å². The molecule has 1 unspecified atom stereocenters. The maximum absolute atomic E-state index is 12.7. The van der Waals surface area contributed by atoms with Crippen LogP contribution in [0.1, 0.15) is 40.7 Å². The maximum atomic E-state index is 12.7. The van der Waals surface area contributed by atoms with E-state index in [0.717, 1.165) is 17.5 Å². The van der Waals surface area contributed by atoms with Crippen molar-refractivity contribution in [1.29, 1.82) is 0 Å². The molecule has 1 aliphatic rings. The minimum Gasteiger partial charge on any atom is -0.478 e. The van der Waals surface area contributed by atoms with Crippen LogP contribution in [-0.4, -0.2) is 23.5 Å². The van der Waals surface area contributed by atoms with Gasteiger partial charge < -0.3 is 14.2 Å². The van der Waals surface area contributed by atoms with Crippen molar-refractivity contribution in [2.75, 3.05) is 4.90 Å². The average Bonchev–Trinajstić information content (AvgIpc) is 2.88. The number of carbonyl (C=O) groups excluding carboxylic acids is 2. The van der Waals surface area contributed by atoms with E-state index >= 15 is 0 Å². The molecular weight excluding hydrogens is 296 g/mol. The minimum absolute atomic E-state index is 0.122. The van der Waals surface area contributed by atoms with Crippen molar-refractivity contribution in [3.8, 4) is 5.75 Å². The maximum Gasteiger partial charge on any atom is 0.268 e. The van der Waals surface area contributed by atoms with E-state index in [2.05, 4.69) is 5.16 Å². The normalized spacial score (nSPS) is 16.9. The third kappa shape index (κ3) is 2.60. The van der Waals surface area contributed by atoms with Crippen LogP contribution in [0.25, 0.3) is 0 Å². The molecular formula is C17H18N2O4. The average molecular weight is 314 g/mol. The number of amides is 1. The van der Waals surface area contributed by atoms with E-state index in [1.165, 1.54) is 0 Å². The SMILES string of the molecule is CCC1Oc2ccc(C=O)cc2N(Cc2c(C)noc2C)C1=O. The molecule has 0 saturated heterocycles. The third-order valence-corrected chi connectivity index (χ3v) is 4.09. The number of rotatable bonds is 4. The van der Waals surface area contributed by atoms with Crippen LogP contribution in [0.15, 0.2) is 22.7 Å². The van der Waals surface area contributed by atoms with Crippen LogP contribution >= 0.6 is 0 Å². The fraction of sp³-hybridized carbons (Fsp3) is 0.353. The number of benzene rings is 1. The Balaban J connectivity index is 2.06. The summed E-state index contributed by atoms with van der Waals surface area (Å²) in [6, 6.07) is 5.08. The van der Waals surface area contributed by atoms with Gasteiger partial charge in [-0.1, -0.05) is 12.1 Å². The molecule has 0 saturated carbocycles. The van der Waals surface area contributed by atoms with Gasteiger partial charge in [-0.05, 0) is 38.5 Å². The molecule has 1 aliphatic heterocycles. The van der Waals surface area contributed by atoms with Crippen molar-refractivity contribution in [2.24, 2.45) is 0 Å². The quantitative estimate of drug-likeness (QED) is 0.811. The summed E-state index contributed by atoms with van der Waals surface area (Å²) in [5, 5.41) is 3.94. The number of aryl methyl sites for hydroxylation is 2. The van der Waals surface area contributed by atoms with E-state index in [4.69, 9.17) is 9.26 Å². The highest BCUT2D eigenvalue weighted by Gasteiger charge is 2.34. The van der Waals surface area contributed by atoms with Gasteiger partial charge in [0.05, 0.1) is 17.9 Å². The first kappa shape index (κ1) is 15.3. The van der Waals surface area contributed by atoms with Crippen molar-refractivity contribution in [1.82, 2.24) is 5.16 Å². The highest BCUT2D eigenvalue weighted by Crippen LogP contribution is 2.36. The first-order valence-corrected chi connectivity index (χ1v) is 7.54. The minimum atomic E-state index is -0.523. The second kappa shape index (κ2) is 5.87. The van der Waals surface area contributed by atoms with E-state index in [-0.39, 0.29) is 5.91 Å². The van der Waals surface area contributed by atoms with Crippen LogP contribution in [0.4, 0.5) is 5.69 Å². The lowest BCUT2D eigenvalue weighted by Crippen LogP contribution is -2.45. The Morgan fingerprint density at radius 2 is 2.13 bits per heavy atom. The van der Waals surface area contributed by atoms with E-state index in [1.54, 1.807) is 23.1 Å². The monoisotopic (exact) mass is 314 g/mol. The molecule has 0 spiro atoms. The van der Waals surface area contributed by atoms with Gasteiger partial charge in [0, 0.05) is 11.1 Å². The first-order valence-electron chi connectivity index (χ1n) is 7.54. The van der Waals surface area contributed by atoms with Gasteiger partial charge in [0.15, 0.2) is 6.10 Å². The van der Waals surface area contributed by atoms with Gasteiger partial charge in [0.25, 0.3) is 5.91 Å². The molecule has 3 rings (SSSR count). The Bertz CT molecular complexity index is 746. The summed E-state index contributed by atoms with van der Waals surface area (Å²) in [4.78, 5) is 25.4. The number of carbonyl (C=O) groups is 2. The number of anilines is 1. The second-order valence-electron chi connectivity index (χ2n) is 5.59. The molecule has 0 radical (unpaired) electrons. The predicted molar refractivity (Wildman–Crippen MR) is 83.7 cm³/mol. The number of aromatic nitrogens is 1. The molecule has 1 aromatic heterocycles. The zero-order valence-electron chi connectivity index (χ0n) is 13.3. The molecule has 120 valence electrons. The van der Waals surface area contributed by atoms with Crippen LogP contribution in [0.5, 0.6) is 5.75 Å². The number of hydrogen-bond acceptors (Lipinski definition) is 5. The van der Waals surface area contributed by atoms with E-state index < -0.39 is 6.10 Å². The van der Waals surface area contributed by atoms with Gasteiger partial charge in [-0.2, -0.15) is 0 Å². The summed E-state index contributed by atoms with van der Waals surface area (Å²) in [7, 11) is 0. The Morgan fingerprint density at radius 1 is 1.35 bits per heavy atom. The lowest BCUT2D eigenvalue weighted by atomic mass is 10.1. The number of fused-ring (bicyclic) bond motifs is 1. The lowest BCUT2D eigenvalue weighted by Gasteiger charge is -2.34. The first-order chi connectivity index (χ1) is 11.0. The van der Waals surface area contributed by atoms with Crippen LogP contribution < -0.4 is 9.64 Å². The zero-order valence-corrected chi connectivity index (χ0v) is 13.3. The molecule has 6 heteroatoms. The molecule has 2 aromatic rings. The Kier molecular flexibility index (Phi) is 3.90. The van der Waals surface area contributed by atoms with Gasteiger partial charge in [0.1, 0.15) is 17.8 Å². The van der Waals surface area contributed by atoms with Gasteiger partial charge >= 0.3 is 0 Å². The second-order valence-corrected chi connectivity index (χ2v) is 5.59. The van der Waals surface area contributed by atoms with Crippen molar-refractivity contribution in [2.45, 2.75) is 39.8 Å². The number of ether oxygens (including phenoxy) is 1.